The van der Waals surface area contributed by atoms with Crippen LogP contribution in [-0.2, 0) is 4.74 Å². The molecule has 0 bridgehead atoms. The molecule has 4 aromatic rings. The predicted molar refractivity (Wildman–Crippen MR) is 129 cm³/mol. The summed E-state index contributed by atoms with van der Waals surface area (Å²) in [4.78, 5) is 26.0. The number of carbonyl (C=O) groups is 1. The molecule has 0 aliphatic heterocycles. The minimum Gasteiger partial charge on any atom is -0.496 e. The average molecular weight is 503 g/mol. The van der Waals surface area contributed by atoms with Crippen LogP contribution in [0.25, 0.3) is 21.3 Å². The zero-order valence-corrected chi connectivity index (χ0v) is 20.1. The van der Waals surface area contributed by atoms with E-state index in [-0.39, 0.29) is 21.9 Å². The lowest BCUT2D eigenvalue weighted by Gasteiger charge is -2.14. The van der Waals surface area contributed by atoms with E-state index in [0.717, 1.165) is 4.70 Å². The van der Waals surface area contributed by atoms with E-state index in [1.54, 1.807) is 38.4 Å². The van der Waals surface area contributed by atoms with Crippen molar-refractivity contribution in [3.8, 4) is 22.8 Å². The third-order valence-corrected chi connectivity index (χ3v) is 6.06. The number of ether oxygens (including phenoxy) is 3. The van der Waals surface area contributed by atoms with Crippen molar-refractivity contribution in [1.29, 1.82) is 0 Å². The highest BCUT2D eigenvalue weighted by Gasteiger charge is 2.23. The number of methoxy groups -OCH3 is 2. The predicted octanol–water partition coefficient (Wildman–Crippen LogP) is 5.14. The van der Waals surface area contributed by atoms with E-state index in [1.807, 2.05) is 0 Å². The Kier molecular flexibility index (Phi) is 7.20. The smallest absolute Gasteiger partial charge is 0.259 e. The molecule has 0 unspecified atom stereocenters. The molecule has 4 rings (SSSR count). The van der Waals surface area contributed by atoms with Crippen molar-refractivity contribution >= 4 is 44.2 Å². The Morgan fingerprint density at radius 3 is 2.76 bits per heavy atom. The van der Waals surface area contributed by atoms with Gasteiger partial charge < -0.3 is 14.2 Å². The number of benzene rings is 1. The van der Waals surface area contributed by atoms with E-state index in [0.29, 0.717) is 41.0 Å². The first kappa shape index (κ1) is 23.8. The Morgan fingerprint density at radius 2 is 2.00 bits per heavy atom. The number of hydrogen-bond donors (Lipinski definition) is 1. The fourth-order valence-corrected chi connectivity index (χ4v) is 4.26. The molecule has 8 nitrogen and oxygen atoms in total. The summed E-state index contributed by atoms with van der Waals surface area (Å²) in [5, 5.41) is 3.03. The van der Waals surface area contributed by atoms with Crippen molar-refractivity contribution in [3.63, 3.8) is 0 Å². The van der Waals surface area contributed by atoms with E-state index in [1.165, 1.54) is 30.7 Å². The Hall–Kier alpha value is -3.34. The molecule has 3 aromatic heterocycles. The number of nitrogens with zero attached hydrogens (tertiary/aromatic N) is 3. The van der Waals surface area contributed by atoms with Crippen molar-refractivity contribution in [3.05, 3.63) is 58.8 Å². The Morgan fingerprint density at radius 1 is 1.18 bits per heavy atom. The van der Waals surface area contributed by atoms with Crippen LogP contribution in [0.4, 0.5) is 9.52 Å². The molecule has 34 heavy (non-hydrogen) atoms. The second kappa shape index (κ2) is 10.3. The number of carbonyl (C=O) groups excluding carboxylic acids is 1. The van der Waals surface area contributed by atoms with E-state index < -0.39 is 11.7 Å². The van der Waals surface area contributed by atoms with Gasteiger partial charge in [-0.15, -0.1) is 0 Å². The standard InChI is InChI=1S/C23H20ClFN4O4S/c1-12-8-13(20-17(32-3)5-4-15(24)21(20)25)14(10-26-12)22(30)29-23-28-16-11-27-19(9-18(16)34-23)33-7-6-31-2/h4-5,8-11H,6-7H2,1-3H3,(H,28,29,30). The zero-order valence-electron chi connectivity index (χ0n) is 18.5. The number of rotatable bonds is 8. The first-order valence-corrected chi connectivity index (χ1v) is 11.3. The van der Waals surface area contributed by atoms with Gasteiger partial charge in [-0.25, -0.2) is 14.4 Å². The third kappa shape index (κ3) is 4.93. The normalized spacial score (nSPS) is 11.0. The zero-order chi connectivity index (χ0) is 24.2. The van der Waals surface area contributed by atoms with Gasteiger partial charge in [0.15, 0.2) is 10.9 Å². The second-order valence-electron chi connectivity index (χ2n) is 7.11. The summed E-state index contributed by atoms with van der Waals surface area (Å²) in [6, 6.07) is 6.29. The number of hydrogen-bond acceptors (Lipinski definition) is 8. The SMILES string of the molecule is COCCOc1cc2sc(NC(=O)c3cnc(C)cc3-c3c(OC)ccc(Cl)c3F)nc2cn1. The summed E-state index contributed by atoms with van der Waals surface area (Å²) in [6.07, 6.45) is 2.95. The first-order chi connectivity index (χ1) is 16.4. The summed E-state index contributed by atoms with van der Waals surface area (Å²) < 4.78 is 31.6. The molecule has 3 heterocycles. The van der Waals surface area contributed by atoms with Gasteiger partial charge in [-0.05, 0) is 25.1 Å². The molecule has 0 fully saturated rings. The maximum Gasteiger partial charge on any atom is 0.259 e. The van der Waals surface area contributed by atoms with Crippen molar-refractivity contribution in [1.82, 2.24) is 15.0 Å². The van der Waals surface area contributed by atoms with Crippen LogP contribution in [0.5, 0.6) is 11.6 Å². The van der Waals surface area contributed by atoms with E-state index in [9.17, 15) is 4.79 Å². The van der Waals surface area contributed by atoms with E-state index in [4.69, 9.17) is 25.8 Å². The molecule has 1 aromatic carbocycles. The molecule has 0 radical (unpaired) electrons. The average Bonchev–Trinajstić information content (AvgIpc) is 3.22. The third-order valence-electron chi connectivity index (χ3n) is 4.84. The van der Waals surface area contributed by atoms with Gasteiger partial charge in [0.2, 0.25) is 5.88 Å². The fourth-order valence-electron chi connectivity index (χ4n) is 3.24. The molecule has 0 aliphatic rings. The van der Waals surface area contributed by atoms with Crippen molar-refractivity contribution in [2.45, 2.75) is 6.92 Å². The summed E-state index contributed by atoms with van der Waals surface area (Å²) in [5.74, 6) is -0.520. The lowest BCUT2D eigenvalue weighted by molar-refractivity contribution is 0.102. The summed E-state index contributed by atoms with van der Waals surface area (Å²) in [7, 11) is 3.01. The van der Waals surface area contributed by atoms with Gasteiger partial charge in [0, 0.05) is 30.6 Å². The highest BCUT2D eigenvalue weighted by molar-refractivity contribution is 7.22. The lowest BCUT2D eigenvalue weighted by atomic mass is 9.98. The molecule has 0 saturated carbocycles. The first-order valence-electron chi connectivity index (χ1n) is 10.1. The number of thiazole rings is 1. The number of anilines is 1. The number of nitrogens with one attached hydrogen (secondary N) is 1. The number of amides is 1. The van der Waals surface area contributed by atoms with Gasteiger partial charge in [-0.1, -0.05) is 22.9 Å². The summed E-state index contributed by atoms with van der Waals surface area (Å²) in [6.45, 7) is 2.55. The molecule has 1 N–H and O–H groups in total. The number of pyridine rings is 2. The van der Waals surface area contributed by atoms with Crippen LogP contribution in [-0.4, -0.2) is 48.3 Å². The molecule has 0 saturated heterocycles. The number of fused-ring (bicyclic) bond motifs is 1. The van der Waals surface area contributed by atoms with Crippen LogP contribution in [0, 0.1) is 12.7 Å². The van der Waals surface area contributed by atoms with Gasteiger partial charge in [0.05, 0.1) is 40.8 Å². The molecular formula is C23H20ClFN4O4S. The molecule has 0 aliphatic carbocycles. The highest BCUT2D eigenvalue weighted by atomic mass is 35.5. The van der Waals surface area contributed by atoms with E-state index >= 15 is 4.39 Å². The molecule has 11 heteroatoms. The number of halogens is 2. The van der Waals surface area contributed by atoms with Crippen LogP contribution >= 0.6 is 22.9 Å². The summed E-state index contributed by atoms with van der Waals surface area (Å²) in [5.41, 5.74) is 1.73. The lowest BCUT2D eigenvalue weighted by Crippen LogP contribution is -2.14. The Balaban J connectivity index is 1.66. The minimum atomic E-state index is -0.687. The maximum absolute atomic E-state index is 15.0. The fraction of sp³-hybridized carbons (Fsp3) is 0.217. The molecule has 0 spiro atoms. The Bertz CT molecular complexity index is 1360. The van der Waals surface area contributed by atoms with Crippen LogP contribution < -0.4 is 14.8 Å². The van der Waals surface area contributed by atoms with Gasteiger partial charge in [-0.2, -0.15) is 0 Å². The quantitative estimate of drug-likeness (QED) is 0.333. The summed E-state index contributed by atoms with van der Waals surface area (Å²) >= 11 is 7.27. The van der Waals surface area contributed by atoms with Crippen LogP contribution in [0.15, 0.2) is 36.7 Å². The molecule has 0 atom stereocenters. The molecule has 1 amide bonds. The van der Waals surface area contributed by atoms with Gasteiger partial charge in [0.1, 0.15) is 17.9 Å². The minimum absolute atomic E-state index is 0.0806. The maximum atomic E-state index is 15.0. The second-order valence-corrected chi connectivity index (χ2v) is 8.55. The van der Waals surface area contributed by atoms with Crippen molar-refractivity contribution in [2.75, 3.05) is 32.8 Å². The Labute approximate surface area is 203 Å². The number of aryl methyl sites for hydroxylation is 1. The molecule has 176 valence electrons. The van der Waals surface area contributed by atoms with Gasteiger partial charge >= 0.3 is 0 Å². The van der Waals surface area contributed by atoms with E-state index in [2.05, 4.69) is 20.3 Å². The largest absolute Gasteiger partial charge is 0.496 e. The molecular weight excluding hydrogens is 483 g/mol. The monoisotopic (exact) mass is 502 g/mol. The van der Waals surface area contributed by atoms with Gasteiger partial charge in [0.25, 0.3) is 5.91 Å². The van der Waals surface area contributed by atoms with Crippen LogP contribution in [0.1, 0.15) is 16.1 Å². The van der Waals surface area contributed by atoms with Crippen molar-refractivity contribution < 1.29 is 23.4 Å². The van der Waals surface area contributed by atoms with Gasteiger partial charge in [-0.3, -0.25) is 15.1 Å². The van der Waals surface area contributed by atoms with Crippen LogP contribution in [0.2, 0.25) is 5.02 Å². The van der Waals surface area contributed by atoms with Crippen molar-refractivity contribution in [2.24, 2.45) is 0 Å². The number of aromatic nitrogens is 3. The van der Waals surface area contributed by atoms with Crippen LogP contribution in [0.3, 0.4) is 0 Å². The highest BCUT2D eigenvalue weighted by Crippen LogP contribution is 2.38. The topological polar surface area (TPSA) is 95.5 Å².